The summed E-state index contributed by atoms with van der Waals surface area (Å²) >= 11 is 3.53. The van der Waals surface area contributed by atoms with E-state index in [9.17, 15) is 0 Å². The second-order valence-corrected chi connectivity index (χ2v) is 5.68. The molecule has 0 radical (unpaired) electrons. The van der Waals surface area contributed by atoms with Crippen LogP contribution in [0.2, 0.25) is 0 Å². The molecule has 0 fully saturated rings. The van der Waals surface area contributed by atoms with Gasteiger partial charge in [-0.25, -0.2) is 0 Å². The number of halogens is 1. The van der Waals surface area contributed by atoms with Crippen molar-refractivity contribution in [2.45, 2.75) is 13.3 Å². The van der Waals surface area contributed by atoms with Crippen molar-refractivity contribution in [1.29, 1.82) is 0 Å². The molecule has 3 heteroatoms. The number of hydrogen-bond acceptors (Lipinski definition) is 1. The molecule has 0 aliphatic rings. The van der Waals surface area contributed by atoms with Gasteiger partial charge in [0.15, 0.2) is 0 Å². The predicted molar refractivity (Wildman–Crippen MR) is 86.4 cm³/mol. The van der Waals surface area contributed by atoms with E-state index in [-0.39, 0.29) is 0 Å². The number of rotatable bonds is 4. The van der Waals surface area contributed by atoms with E-state index in [2.05, 4.69) is 57.4 Å². The van der Waals surface area contributed by atoms with Gasteiger partial charge in [-0.3, -0.25) is 0 Å². The van der Waals surface area contributed by atoms with Crippen molar-refractivity contribution in [1.82, 2.24) is 4.98 Å². The minimum atomic E-state index is 0.698. The summed E-state index contributed by atoms with van der Waals surface area (Å²) in [6, 6.07) is 14.6. The van der Waals surface area contributed by atoms with E-state index in [1.54, 1.807) is 0 Å². The van der Waals surface area contributed by atoms with Gasteiger partial charge in [-0.1, -0.05) is 28.1 Å². The lowest BCUT2D eigenvalue weighted by Gasteiger charge is -2.06. The molecule has 0 aliphatic carbocycles. The first-order chi connectivity index (χ1) is 9.76. The van der Waals surface area contributed by atoms with Gasteiger partial charge in [0.2, 0.25) is 0 Å². The molecule has 0 spiro atoms. The monoisotopic (exact) mass is 329 g/mol. The van der Waals surface area contributed by atoms with Crippen molar-refractivity contribution >= 4 is 26.8 Å². The number of aromatic nitrogens is 1. The summed E-state index contributed by atoms with van der Waals surface area (Å²) in [5, 5.41) is 1.26. The molecule has 0 saturated carbocycles. The van der Waals surface area contributed by atoms with Crippen LogP contribution in [0.3, 0.4) is 0 Å². The van der Waals surface area contributed by atoms with Crippen molar-refractivity contribution in [2.75, 3.05) is 6.61 Å². The van der Waals surface area contributed by atoms with Crippen LogP contribution in [0, 0.1) is 0 Å². The van der Waals surface area contributed by atoms with Crippen LogP contribution < -0.4 is 4.74 Å². The van der Waals surface area contributed by atoms with Crippen LogP contribution in [0.1, 0.15) is 18.1 Å². The maximum absolute atomic E-state index is 5.56. The molecule has 0 aliphatic heterocycles. The zero-order valence-electron chi connectivity index (χ0n) is 11.3. The van der Waals surface area contributed by atoms with E-state index in [0.717, 1.165) is 16.6 Å². The van der Waals surface area contributed by atoms with E-state index in [4.69, 9.17) is 4.74 Å². The topological polar surface area (TPSA) is 25.0 Å². The van der Waals surface area contributed by atoms with Crippen molar-refractivity contribution in [3.8, 4) is 5.75 Å². The average Bonchev–Trinajstić information content (AvgIpc) is 2.82. The first-order valence-corrected chi connectivity index (χ1v) is 7.53. The van der Waals surface area contributed by atoms with Crippen LogP contribution in [-0.4, -0.2) is 11.6 Å². The summed E-state index contributed by atoms with van der Waals surface area (Å²) in [6.07, 6.45) is 2.99. The minimum Gasteiger partial charge on any atom is -0.494 e. The molecule has 0 atom stereocenters. The number of nitrogens with one attached hydrogen (secondary N) is 1. The third-order valence-corrected chi connectivity index (χ3v) is 3.83. The highest BCUT2D eigenvalue weighted by Crippen LogP contribution is 2.25. The van der Waals surface area contributed by atoms with Crippen LogP contribution >= 0.6 is 15.9 Å². The van der Waals surface area contributed by atoms with E-state index < -0.39 is 0 Å². The summed E-state index contributed by atoms with van der Waals surface area (Å²) in [5.74, 6) is 0.936. The third-order valence-electron chi connectivity index (χ3n) is 3.33. The summed E-state index contributed by atoms with van der Waals surface area (Å²) in [5.41, 5.74) is 3.73. The number of H-pyrrole nitrogens is 1. The summed E-state index contributed by atoms with van der Waals surface area (Å²) in [6.45, 7) is 2.70. The molecule has 0 saturated heterocycles. The van der Waals surface area contributed by atoms with Gasteiger partial charge in [0, 0.05) is 21.6 Å². The maximum Gasteiger partial charge on any atom is 0.119 e. The molecule has 1 N–H and O–H groups in total. The molecule has 3 rings (SSSR count). The lowest BCUT2D eigenvalue weighted by molar-refractivity contribution is 0.340. The molecule has 2 aromatic carbocycles. The smallest absolute Gasteiger partial charge is 0.119 e. The molecular formula is C17H16BrNO. The number of ether oxygens (including phenoxy) is 1. The first-order valence-electron chi connectivity index (χ1n) is 6.73. The first kappa shape index (κ1) is 13.3. The molecule has 20 heavy (non-hydrogen) atoms. The quantitative estimate of drug-likeness (QED) is 0.722. The van der Waals surface area contributed by atoms with E-state index in [1.807, 2.05) is 19.1 Å². The Balaban J connectivity index is 1.92. The molecule has 102 valence electrons. The van der Waals surface area contributed by atoms with Gasteiger partial charge in [0.1, 0.15) is 5.75 Å². The second kappa shape index (κ2) is 5.71. The number of hydrogen-bond donors (Lipinski definition) is 1. The van der Waals surface area contributed by atoms with Gasteiger partial charge in [-0.05, 0) is 54.8 Å². The van der Waals surface area contributed by atoms with Gasteiger partial charge in [-0.2, -0.15) is 0 Å². The SMILES string of the molecule is CCOc1cccc(Cc2c[nH]c3ccc(Br)cc23)c1. The fourth-order valence-electron chi connectivity index (χ4n) is 2.43. The van der Waals surface area contributed by atoms with E-state index in [0.29, 0.717) is 6.61 Å². The van der Waals surface area contributed by atoms with E-state index >= 15 is 0 Å². The number of fused-ring (bicyclic) bond motifs is 1. The Morgan fingerprint density at radius 1 is 1.15 bits per heavy atom. The van der Waals surface area contributed by atoms with Crippen molar-refractivity contribution in [3.63, 3.8) is 0 Å². The molecular weight excluding hydrogens is 314 g/mol. The summed E-state index contributed by atoms with van der Waals surface area (Å²) in [7, 11) is 0. The molecule has 1 heterocycles. The van der Waals surface area contributed by atoms with Crippen LogP contribution in [0.5, 0.6) is 5.75 Å². The van der Waals surface area contributed by atoms with Crippen LogP contribution in [0.25, 0.3) is 10.9 Å². The van der Waals surface area contributed by atoms with Crippen molar-refractivity contribution in [3.05, 3.63) is 64.3 Å². The summed E-state index contributed by atoms with van der Waals surface area (Å²) in [4.78, 5) is 3.32. The summed E-state index contributed by atoms with van der Waals surface area (Å²) < 4.78 is 6.66. The van der Waals surface area contributed by atoms with Gasteiger partial charge < -0.3 is 9.72 Å². The molecule has 1 aromatic heterocycles. The standard InChI is InChI=1S/C17H16BrNO/c1-2-20-15-5-3-4-12(9-15)8-13-11-19-17-7-6-14(18)10-16(13)17/h3-7,9-11,19H,2,8H2,1H3. The fourth-order valence-corrected chi connectivity index (χ4v) is 2.79. The minimum absolute atomic E-state index is 0.698. The Hall–Kier alpha value is -1.74. The largest absolute Gasteiger partial charge is 0.494 e. The van der Waals surface area contributed by atoms with Crippen LogP contribution in [0.15, 0.2) is 53.1 Å². The van der Waals surface area contributed by atoms with Gasteiger partial charge in [0.05, 0.1) is 6.61 Å². The zero-order chi connectivity index (χ0) is 13.9. The predicted octanol–water partition coefficient (Wildman–Crippen LogP) is 4.92. The van der Waals surface area contributed by atoms with E-state index in [1.165, 1.54) is 22.0 Å². The van der Waals surface area contributed by atoms with Crippen molar-refractivity contribution in [2.24, 2.45) is 0 Å². The maximum atomic E-state index is 5.56. The molecule has 0 unspecified atom stereocenters. The number of benzene rings is 2. The highest BCUT2D eigenvalue weighted by atomic mass is 79.9. The van der Waals surface area contributed by atoms with Crippen molar-refractivity contribution < 1.29 is 4.74 Å². The molecule has 3 aromatic rings. The lowest BCUT2D eigenvalue weighted by Crippen LogP contribution is -1.93. The lowest BCUT2D eigenvalue weighted by atomic mass is 10.0. The number of aromatic amines is 1. The van der Waals surface area contributed by atoms with Gasteiger partial charge in [0.25, 0.3) is 0 Å². The normalized spacial score (nSPS) is 10.9. The Morgan fingerprint density at radius 3 is 2.90 bits per heavy atom. The Labute approximate surface area is 126 Å². The molecule has 2 nitrogen and oxygen atoms in total. The van der Waals surface area contributed by atoms with Gasteiger partial charge in [-0.15, -0.1) is 0 Å². The Bertz CT molecular complexity index is 733. The van der Waals surface area contributed by atoms with Crippen LogP contribution in [-0.2, 0) is 6.42 Å². The Kier molecular flexibility index (Phi) is 3.79. The fraction of sp³-hybridized carbons (Fsp3) is 0.176. The third kappa shape index (κ3) is 2.73. The zero-order valence-corrected chi connectivity index (χ0v) is 12.9. The molecule has 0 bridgehead atoms. The van der Waals surface area contributed by atoms with Gasteiger partial charge >= 0.3 is 0 Å². The average molecular weight is 330 g/mol. The highest BCUT2D eigenvalue weighted by molar-refractivity contribution is 9.10. The molecule has 0 amide bonds. The van der Waals surface area contributed by atoms with Crippen LogP contribution in [0.4, 0.5) is 0 Å². The highest BCUT2D eigenvalue weighted by Gasteiger charge is 2.06. The second-order valence-electron chi connectivity index (χ2n) is 4.76. The Morgan fingerprint density at radius 2 is 2.05 bits per heavy atom.